The lowest BCUT2D eigenvalue weighted by Crippen LogP contribution is -2.27. The summed E-state index contributed by atoms with van der Waals surface area (Å²) in [5.74, 6) is -0.534. The van der Waals surface area contributed by atoms with E-state index in [-0.39, 0.29) is 18.6 Å². The van der Waals surface area contributed by atoms with Gasteiger partial charge in [-0.3, -0.25) is 0 Å². The first-order valence-corrected chi connectivity index (χ1v) is 4.14. The summed E-state index contributed by atoms with van der Waals surface area (Å²) < 4.78 is 10.9. The highest BCUT2D eigenvalue weighted by atomic mass is 16.7. The summed E-state index contributed by atoms with van der Waals surface area (Å²) in [5, 5.41) is 8.95. The summed E-state index contributed by atoms with van der Waals surface area (Å²) in [6.07, 6.45) is 1.65. The van der Waals surface area contributed by atoms with E-state index in [0.717, 1.165) is 0 Å². The van der Waals surface area contributed by atoms with Gasteiger partial charge in [0.25, 0.3) is 0 Å². The van der Waals surface area contributed by atoms with Gasteiger partial charge in [-0.15, -0.1) is 6.58 Å². The molecule has 0 unspecified atom stereocenters. The Morgan fingerprint density at radius 1 is 1.75 bits per heavy atom. The molecule has 1 aliphatic heterocycles. The topological polar surface area (TPSA) is 38.7 Å². The van der Waals surface area contributed by atoms with Crippen LogP contribution in [0.2, 0.25) is 0 Å². The summed E-state index contributed by atoms with van der Waals surface area (Å²) in [7, 11) is 0. The number of aliphatic hydroxyl groups excluding tert-OH is 1. The maximum atomic E-state index is 8.95. The van der Waals surface area contributed by atoms with Crippen LogP contribution in [0, 0.1) is 5.92 Å². The molecule has 1 N–H and O–H groups in total. The molecular formula is C9H16O3. The highest BCUT2D eigenvalue weighted by Crippen LogP contribution is 2.26. The predicted octanol–water partition coefficient (Wildman–Crippen LogP) is 0.932. The van der Waals surface area contributed by atoms with Crippen LogP contribution in [0.25, 0.3) is 0 Å². The molecule has 70 valence electrons. The Morgan fingerprint density at radius 3 is 2.75 bits per heavy atom. The minimum atomic E-state index is -0.513. The van der Waals surface area contributed by atoms with Gasteiger partial charge in [0.05, 0.1) is 19.3 Å². The van der Waals surface area contributed by atoms with Crippen LogP contribution in [-0.4, -0.2) is 30.2 Å². The summed E-state index contributed by atoms with van der Waals surface area (Å²) >= 11 is 0. The molecule has 0 aromatic carbocycles. The number of aliphatic hydroxyl groups is 1. The Bertz CT molecular complexity index is 165. The Kier molecular flexibility index (Phi) is 2.88. The standard InChI is InChI=1S/C9H16O3/c1-4-7(5-10)8-6-11-9(2,3)12-8/h4,7-8,10H,1,5-6H2,2-3H3/t7-,8-/m1/s1. The van der Waals surface area contributed by atoms with Crippen LogP contribution in [0.5, 0.6) is 0 Å². The lowest BCUT2D eigenvalue weighted by atomic mass is 10.1. The van der Waals surface area contributed by atoms with Crippen molar-refractivity contribution in [1.29, 1.82) is 0 Å². The van der Waals surface area contributed by atoms with Crippen molar-refractivity contribution in [3.05, 3.63) is 12.7 Å². The van der Waals surface area contributed by atoms with Crippen molar-refractivity contribution in [3.63, 3.8) is 0 Å². The third kappa shape index (κ3) is 2.06. The van der Waals surface area contributed by atoms with Gasteiger partial charge in [0.1, 0.15) is 0 Å². The molecule has 0 bridgehead atoms. The lowest BCUT2D eigenvalue weighted by molar-refractivity contribution is -0.143. The molecule has 2 atom stereocenters. The zero-order chi connectivity index (χ0) is 9.19. The van der Waals surface area contributed by atoms with E-state index in [1.54, 1.807) is 6.08 Å². The summed E-state index contributed by atoms with van der Waals surface area (Å²) in [6, 6.07) is 0. The second kappa shape index (κ2) is 3.56. The molecule has 0 aliphatic carbocycles. The van der Waals surface area contributed by atoms with E-state index in [1.165, 1.54) is 0 Å². The maximum absolute atomic E-state index is 8.95. The average molecular weight is 172 g/mol. The Labute approximate surface area is 73.0 Å². The lowest BCUT2D eigenvalue weighted by Gasteiger charge is -2.20. The van der Waals surface area contributed by atoms with Crippen LogP contribution >= 0.6 is 0 Å². The highest BCUT2D eigenvalue weighted by molar-refractivity contribution is 4.88. The predicted molar refractivity (Wildman–Crippen MR) is 45.7 cm³/mol. The van der Waals surface area contributed by atoms with E-state index in [9.17, 15) is 0 Å². The molecule has 0 saturated carbocycles. The number of hydrogen-bond acceptors (Lipinski definition) is 3. The Balaban J connectivity index is 2.50. The van der Waals surface area contributed by atoms with Crippen LogP contribution < -0.4 is 0 Å². The molecule has 3 nitrogen and oxygen atoms in total. The molecule has 12 heavy (non-hydrogen) atoms. The van der Waals surface area contributed by atoms with Crippen molar-refractivity contribution in [2.24, 2.45) is 5.92 Å². The van der Waals surface area contributed by atoms with Crippen LogP contribution in [0.4, 0.5) is 0 Å². The maximum Gasteiger partial charge on any atom is 0.163 e. The number of ether oxygens (including phenoxy) is 2. The molecule has 0 spiro atoms. The first-order chi connectivity index (χ1) is 5.59. The van der Waals surface area contributed by atoms with Gasteiger partial charge in [-0.2, -0.15) is 0 Å². The zero-order valence-electron chi connectivity index (χ0n) is 7.62. The van der Waals surface area contributed by atoms with Crippen molar-refractivity contribution in [2.75, 3.05) is 13.2 Å². The van der Waals surface area contributed by atoms with Gasteiger partial charge in [-0.25, -0.2) is 0 Å². The first kappa shape index (κ1) is 9.71. The fourth-order valence-electron chi connectivity index (χ4n) is 1.27. The molecule has 1 aliphatic rings. The molecule has 0 aromatic rings. The van der Waals surface area contributed by atoms with Crippen molar-refractivity contribution in [2.45, 2.75) is 25.7 Å². The molecule has 1 fully saturated rings. The Hall–Kier alpha value is -0.380. The first-order valence-electron chi connectivity index (χ1n) is 4.14. The van der Waals surface area contributed by atoms with E-state index in [2.05, 4.69) is 6.58 Å². The second-order valence-corrected chi connectivity index (χ2v) is 3.45. The van der Waals surface area contributed by atoms with Gasteiger partial charge >= 0.3 is 0 Å². The molecule has 0 radical (unpaired) electrons. The van der Waals surface area contributed by atoms with Crippen molar-refractivity contribution >= 4 is 0 Å². The van der Waals surface area contributed by atoms with Crippen molar-refractivity contribution in [1.82, 2.24) is 0 Å². The summed E-state index contributed by atoms with van der Waals surface area (Å²) in [6.45, 7) is 7.95. The van der Waals surface area contributed by atoms with E-state index in [0.29, 0.717) is 6.61 Å². The van der Waals surface area contributed by atoms with Crippen molar-refractivity contribution < 1.29 is 14.6 Å². The fourth-order valence-corrected chi connectivity index (χ4v) is 1.27. The average Bonchev–Trinajstić information content (AvgIpc) is 2.34. The molecule has 0 aromatic heterocycles. The molecular weight excluding hydrogens is 156 g/mol. The third-order valence-corrected chi connectivity index (χ3v) is 2.02. The minimum Gasteiger partial charge on any atom is -0.396 e. The van der Waals surface area contributed by atoms with Crippen LogP contribution in [0.15, 0.2) is 12.7 Å². The number of hydrogen-bond donors (Lipinski definition) is 1. The normalized spacial score (nSPS) is 30.1. The van der Waals surface area contributed by atoms with Gasteiger partial charge in [0, 0.05) is 5.92 Å². The molecule has 0 amide bonds. The molecule has 3 heteroatoms. The molecule has 1 rings (SSSR count). The summed E-state index contributed by atoms with van der Waals surface area (Å²) in [4.78, 5) is 0. The van der Waals surface area contributed by atoms with Crippen molar-refractivity contribution in [3.8, 4) is 0 Å². The van der Waals surface area contributed by atoms with E-state index in [1.807, 2.05) is 13.8 Å². The second-order valence-electron chi connectivity index (χ2n) is 3.45. The monoisotopic (exact) mass is 172 g/mol. The fraction of sp³-hybridized carbons (Fsp3) is 0.778. The smallest absolute Gasteiger partial charge is 0.163 e. The largest absolute Gasteiger partial charge is 0.396 e. The SMILES string of the molecule is C=C[C@H](CO)[C@H]1COC(C)(C)O1. The highest BCUT2D eigenvalue weighted by Gasteiger charge is 2.35. The van der Waals surface area contributed by atoms with E-state index >= 15 is 0 Å². The van der Waals surface area contributed by atoms with Gasteiger partial charge in [0.2, 0.25) is 0 Å². The quantitative estimate of drug-likeness (QED) is 0.644. The van der Waals surface area contributed by atoms with Gasteiger partial charge in [-0.05, 0) is 13.8 Å². The van der Waals surface area contributed by atoms with Crippen LogP contribution in [0.1, 0.15) is 13.8 Å². The van der Waals surface area contributed by atoms with Crippen LogP contribution in [0.3, 0.4) is 0 Å². The van der Waals surface area contributed by atoms with Gasteiger partial charge in [-0.1, -0.05) is 6.08 Å². The van der Waals surface area contributed by atoms with E-state index < -0.39 is 5.79 Å². The minimum absolute atomic E-state index is 0.0215. The van der Waals surface area contributed by atoms with Gasteiger partial charge < -0.3 is 14.6 Å². The zero-order valence-corrected chi connectivity index (χ0v) is 7.62. The number of rotatable bonds is 3. The van der Waals surface area contributed by atoms with Crippen LogP contribution in [-0.2, 0) is 9.47 Å². The Morgan fingerprint density at radius 2 is 2.42 bits per heavy atom. The molecule has 1 heterocycles. The molecule has 1 saturated heterocycles. The van der Waals surface area contributed by atoms with E-state index in [4.69, 9.17) is 14.6 Å². The summed E-state index contributed by atoms with van der Waals surface area (Å²) in [5.41, 5.74) is 0. The third-order valence-electron chi connectivity index (χ3n) is 2.02. The van der Waals surface area contributed by atoms with Gasteiger partial charge in [0.15, 0.2) is 5.79 Å².